The molecule has 9 heteroatoms. The van der Waals surface area contributed by atoms with Crippen molar-refractivity contribution in [2.75, 3.05) is 12.0 Å². The predicted octanol–water partition coefficient (Wildman–Crippen LogP) is 0.0892. The lowest BCUT2D eigenvalue weighted by Crippen LogP contribution is -2.54. The third-order valence-corrected chi connectivity index (χ3v) is 4.29. The molecular formula is C17H25N3O5S. The van der Waals surface area contributed by atoms with Crippen molar-refractivity contribution in [3.8, 4) is 5.75 Å². The summed E-state index contributed by atoms with van der Waals surface area (Å²) in [6.45, 7) is 1.49. The number of carbonyl (C=O) groups excluding carboxylic acids is 2. The molecule has 0 aliphatic rings. The Kier molecular flexibility index (Phi) is 8.94. The topological polar surface area (TPSA) is 142 Å². The number of phenols is 1. The van der Waals surface area contributed by atoms with E-state index in [-0.39, 0.29) is 18.6 Å². The summed E-state index contributed by atoms with van der Waals surface area (Å²) in [6.07, 6.45) is 2.26. The van der Waals surface area contributed by atoms with E-state index < -0.39 is 35.9 Å². The normalized spacial score (nSPS) is 14.1. The molecule has 144 valence electrons. The third kappa shape index (κ3) is 7.32. The number of amides is 2. The van der Waals surface area contributed by atoms with E-state index in [1.165, 1.54) is 30.8 Å². The van der Waals surface area contributed by atoms with Gasteiger partial charge >= 0.3 is 5.97 Å². The van der Waals surface area contributed by atoms with Gasteiger partial charge in [0.15, 0.2) is 0 Å². The highest BCUT2D eigenvalue weighted by molar-refractivity contribution is 7.98. The number of aliphatic carboxylic acids is 1. The molecule has 8 nitrogen and oxygen atoms in total. The molecule has 2 amide bonds. The van der Waals surface area contributed by atoms with Gasteiger partial charge in [-0.15, -0.1) is 0 Å². The van der Waals surface area contributed by atoms with E-state index in [9.17, 15) is 24.6 Å². The van der Waals surface area contributed by atoms with E-state index >= 15 is 0 Å². The van der Waals surface area contributed by atoms with E-state index in [4.69, 9.17) is 5.73 Å². The fourth-order valence-corrected chi connectivity index (χ4v) is 2.62. The number of carboxylic acid groups (broad SMARTS) is 1. The van der Waals surface area contributed by atoms with Crippen molar-refractivity contribution >= 4 is 29.5 Å². The number of carbonyl (C=O) groups is 3. The summed E-state index contributed by atoms with van der Waals surface area (Å²) in [5.41, 5.74) is 6.24. The second kappa shape index (κ2) is 10.7. The fourth-order valence-electron chi connectivity index (χ4n) is 2.15. The molecule has 26 heavy (non-hydrogen) atoms. The Labute approximate surface area is 156 Å². The van der Waals surface area contributed by atoms with Crippen LogP contribution in [0.15, 0.2) is 24.3 Å². The quantitative estimate of drug-likeness (QED) is 0.385. The standard InChI is InChI=1S/C17H25N3O5S/c1-10(18)15(22)20-14(9-11-3-5-12(21)6-4-11)16(23)19-13(17(24)25)7-8-26-2/h3-6,10,13-14,21H,7-9,18H2,1-2H3,(H,19,23)(H,20,22)(H,24,25)/t10-,13-,14-/m0/s1. The Bertz CT molecular complexity index is 621. The van der Waals surface area contributed by atoms with Crippen molar-refractivity contribution in [1.82, 2.24) is 10.6 Å². The van der Waals surface area contributed by atoms with Crippen LogP contribution in [0.2, 0.25) is 0 Å². The zero-order chi connectivity index (χ0) is 19.7. The molecule has 0 unspecified atom stereocenters. The van der Waals surface area contributed by atoms with Crippen LogP contribution in [0.1, 0.15) is 18.9 Å². The molecule has 0 aromatic heterocycles. The molecular weight excluding hydrogens is 358 g/mol. The van der Waals surface area contributed by atoms with E-state index in [1.54, 1.807) is 12.1 Å². The average Bonchev–Trinajstić information content (AvgIpc) is 2.59. The highest BCUT2D eigenvalue weighted by Gasteiger charge is 2.27. The van der Waals surface area contributed by atoms with Crippen LogP contribution >= 0.6 is 11.8 Å². The van der Waals surface area contributed by atoms with Crippen LogP contribution in [0.25, 0.3) is 0 Å². The van der Waals surface area contributed by atoms with Gasteiger partial charge in [-0.3, -0.25) is 9.59 Å². The maximum atomic E-state index is 12.6. The maximum absolute atomic E-state index is 12.6. The van der Waals surface area contributed by atoms with Crippen LogP contribution in [-0.2, 0) is 20.8 Å². The molecule has 0 heterocycles. The third-order valence-electron chi connectivity index (χ3n) is 3.65. The molecule has 1 rings (SSSR count). The summed E-state index contributed by atoms with van der Waals surface area (Å²) in [5, 5.41) is 23.6. The number of nitrogens with one attached hydrogen (secondary N) is 2. The van der Waals surface area contributed by atoms with Crippen LogP contribution in [0, 0.1) is 0 Å². The first-order chi connectivity index (χ1) is 12.2. The zero-order valence-electron chi connectivity index (χ0n) is 14.8. The van der Waals surface area contributed by atoms with Crippen molar-refractivity contribution in [3.05, 3.63) is 29.8 Å². The number of hydrogen-bond acceptors (Lipinski definition) is 6. The predicted molar refractivity (Wildman–Crippen MR) is 100.0 cm³/mol. The molecule has 0 saturated carbocycles. The minimum absolute atomic E-state index is 0.0809. The van der Waals surface area contributed by atoms with Gasteiger partial charge in [-0.2, -0.15) is 11.8 Å². The number of rotatable bonds is 10. The first-order valence-corrected chi connectivity index (χ1v) is 9.50. The zero-order valence-corrected chi connectivity index (χ0v) is 15.6. The Morgan fingerprint density at radius 3 is 2.19 bits per heavy atom. The summed E-state index contributed by atoms with van der Waals surface area (Å²) in [7, 11) is 0. The molecule has 0 radical (unpaired) electrons. The van der Waals surface area contributed by atoms with Crippen molar-refractivity contribution < 1.29 is 24.6 Å². The fraction of sp³-hybridized carbons (Fsp3) is 0.471. The first-order valence-electron chi connectivity index (χ1n) is 8.10. The highest BCUT2D eigenvalue weighted by atomic mass is 32.2. The van der Waals surface area contributed by atoms with Gasteiger partial charge < -0.3 is 26.6 Å². The average molecular weight is 383 g/mol. The van der Waals surface area contributed by atoms with E-state index in [2.05, 4.69) is 10.6 Å². The monoisotopic (exact) mass is 383 g/mol. The number of carboxylic acids is 1. The molecule has 3 atom stereocenters. The van der Waals surface area contributed by atoms with Gasteiger partial charge in [-0.05, 0) is 43.0 Å². The summed E-state index contributed by atoms with van der Waals surface area (Å²) < 4.78 is 0. The second-order valence-electron chi connectivity index (χ2n) is 5.90. The Morgan fingerprint density at radius 2 is 1.69 bits per heavy atom. The van der Waals surface area contributed by atoms with Crippen LogP contribution in [-0.4, -0.2) is 58.1 Å². The second-order valence-corrected chi connectivity index (χ2v) is 6.89. The van der Waals surface area contributed by atoms with Crippen molar-refractivity contribution in [2.45, 2.75) is 37.9 Å². The molecule has 0 spiro atoms. The lowest BCUT2D eigenvalue weighted by molar-refractivity contribution is -0.142. The Hall–Kier alpha value is -2.26. The molecule has 0 bridgehead atoms. The van der Waals surface area contributed by atoms with Gasteiger partial charge in [-0.25, -0.2) is 4.79 Å². The molecule has 6 N–H and O–H groups in total. The molecule has 1 aromatic carbocycles. The van der Waals surface area contributed by atoms with E-state index in [0.29, 0.717) is 11.3 Å². The van der Waals surface area contributed by atoms with Crippen LogP contribution in [0.4, 0.5) is 0 Å². The Morgan fingerprint density at radius 1 is 1.12 bits per heavy atom. The van der Waals surface area contributed by atoms with Gasteiger partial charge in [0.2, 0.25) is 11.8 Å². The summed E-state index contributed by atoms with van der Waals surface area (Å²) in [6, 6.07) is 3.36. The number of aromatic hydroxyl groups is 1. The largest absolute Gasteiger partial charge is 0.508 e. The van der Waals surface area contributed by atoms with Crippen molar-refractivity contribution in [1.29, 1.82) is 0 Å². The number of benzene rings is 1. The summed E-state index contributed by atoms with van der Waals surface area (Å²) >= 11 is 1.48. The summed E-state index contributed by atoms with van der Waals surface area (Å²) in [4.78, 5) is 35.8. The van der Waals surface area contributed by atoms with Crippen molar-refractivity contribution in [3.63, 3.8) is 0 Å². The smallest absolute Gasteiger partial charge is 0.326 e. The minimum atomic E-state index is -1.13. The minimum Gasteiger partial charge on any atom is -0.508 e. The Balaban J connectivity index is 2.90. The molecule has 0 saturated heterocycles. The number of thioether (sulfide) groups is 1. The van der Waals surface area contributed by atoms with Crippen LogP contribution in [0.3, 0.4) is 0 Å². The number of hydrogen-bond donors (Lipinski definition) is 5. The van der Waals surface area contributed by atoms with Crippen LogP contribution < -0.4 is 16.4 Å². The molecule has 0 fully saturated rings. The van der Waals surface area contributed by atoms with Crippen LogP contribution in [0.5, 0.6) is 5.75 Å². The summed E-state index contributed by atoms with van der Waals surface area (Å²) in [5.74, 6) is -1.58. The number of phenolic OH excluding ortho intramolecular Hbond substituents is 1. The lowest BCUT2D eigenvalue weighted by atomic mass is 10.0. The highest BCUT2D eigenvalue weighted by Crippen LogP contribution is 2.12. The molecule has 1 aromatic rings. The van der Waals surface area contributed by atoms with Gasteiger partial charge in [0.1, 0.15) is 17.8 Å². The van der Waals surface area contributed by atoms with Gasteiger partial charge in [0.25, 0.3) is 0 Å². The maximum Gasteiger partial charge on any atom is 0.326 e. The van der Waals surface area contributed by atoms with Gasteiger partial charge in [-0.1, -0.05) is 12.1 Å². The molecule has 0 aliphatic heterocycles. The number of nitrogens with two attached hydrogens (primary N) is 1. The SMILES string of the molecule is CSCC[C@H](NC(=O)[C@H](Cc1ccc(O)cc1)NC(=O)[C@H](C)N)C(=O)O. The van der Waals surface area contributed by atoms with E-state index in [1.807, 2.05) is 6.26 Å². The molecule has 0 aliphatic carbocycles. The first kappa shape index (κ1) is 21.8. The van der Waals surface area contributed by atoms with Gasteiger partial charge in [0, 0.05) is 6.42 Å². The van der Waals surface area contributed by atoms with Gasteiger partial charge in [0.05, 0.1) is 6.04 Å². The lowest BCUT2D eigenvalue weighted by Gasteiger charge is -2.22. The van der Waals surface area contributed by atoms with E-state index in [0.717, 1.165) is 0 Å². The van der Waals surface area contributed by atoms with Crippen molar-refractivity contribution in [2.24, 2.45) is 5.73 Å².